The van der Waals surface area contributed by atoms with E-state index in [2.05, 4.69) is 0 Å². The number of ketones is 2. The van der Waals surface area contributed by atoms with Crippen LogP contribution in [0.4, 0.5) is 0 Å². The van der Waals surface area contributed by atoms with Gasteiger partial charge in [-0.05, 0) is 25.7 Å². The summed E-state index contributed by atoms with van der Waals surface area (Å²) in [5.41, 5.74) is -0.322. The molecule has 0 heterocycles. The molecule has 0 bridgehead atoms. The highest BCUT2D eigenvalue weighted by molar-refractivity contribution is 6.39. The average molecular weight is 196 g/mol. The van der Waals surface area contributed by atoms with Crippen LogP contribution in [0.2, 0.25) is 0 Å². The minimum atomic E-state index is -0.322. The summed E-state index contributed by atoms with van der Waals surface area (Å²) in [5, 5.41) is 0. The molecule has 0 aromatic rings. The minimum Gasteiger partial charge on any atom is -0.291 e. The Labute approximate surface area is 86.1 Å². The molecule has 0 atom stereocenters. The summed E-state index contributed by atoms with van der Waals surface area (Å²) in [5.74, 6) is -0.226. The molecule has 0 radical (unpaired) electrons. The standard InChI is InChI=1S/C12H20O2/c1-3-12(4-2)9-7-5-6-8-10(13)11(12)14/h3-9H2,1-2H3. The lowest BCUT2D eigenvalue weighted by Crippen LogP contribution is -2.36. The molecule has 1 saturated carbocycles. The zero-order chi connectivity index (χ0) is 10.6. The molecule has 0 unspecified atom stereocenters. The van der Waals surface area contributed by atoms with E-state index in [9.17, 15) is 9.59 Å². The topological polar surface area (TPSA) is 34.1 Å². The number of rotatable bonds is 2. The van der Waals surface area contributed by atoms with Gasteiger partial charge in [0, 0.05) is 11.8 Å². The minimum absolute atomic E-state index is 0.0952. The van der Waals surface area contributed by atoms with Gasteiger partial charge in [-0.25, -0.2) is 0 Å². The summed E-state index contributed by atoms with van der Waals surface area (Å²) in [6.07, 6.45) is 6.10. The molecule has 80 valence electrons. The van der Waals surface area contributed by atoms with Gasteiger partial charge in [0.05, 0.1) is 0 Å². The lowest BCUT2D eigenvalue weighted by molar-refractivity contribution is -0.144. The second kappa shape index (κ2) is 4.72. The summed E-state index contributed by atoms with van der Waals surface area (Å²) < 4.78 is 0. The molecule has 0 amide bonds. The highest BCUT2D eigenvalue weighted by atomic mass is 16.2. The molecule has 1 aliphatic carbocycles. The fraction of sp³-hybridized carbons (Fsp3) is 0.833. The smallest absolute Gasteiger partial charge is 0.204 e. The number of carbonyl (C=O) groups excluding carboxylic acids is 2. The SMILES string of the molecule is CCC1(CC)CCCCCC(=O)C1=O. The van der Waals surface area contributed by atoms with Crippen molar-refractivity contribution in [2.45, 2.75) is 58.8 Å². The van der Waals surface area contributed by atoms with Crippen LogP contribution in [0.3, 0.4) is 0 Å². The number of carbonyl (C=O) groups is 2. The maximum atomic E-state index is 11.9. The van der Waals surface area contributed by atoms with Crippen LogP contribution in [0.25, 0.3) is 0 Å². The van der Waals surface area contributed by atoms with E-state index >= 15 is 0 Å². The number of hydrogen-bond donors (Lipinski definition) is 0. The second-order valence-electron chi connectivity index (χ2n) is 4.30. The van der Waals surface area contributed by atoms with Crippen LogP contribution < -0.4 is 0 Å². The third-order valence-corrected chi connectivity index (χ3v) is 3.65. The third kappa shape index (κ3) is 2.05. The normalized spacial score (nSPS) is 23.0. The van der Waals surface area contributed by atoms with E-state index in [1.807, 2.05) is 13.8 Å². The third-order valence-electron chi connectivity index (χ3n) is 3.65. The summed E-state index contributed by atoms with van der Waals surface area (Å²) >= 11 is 0. The lowest BCUT2D eigenvalue weighted by atomic mass is 9.71. The quantitative estimate of drug-likeness (QED) is 0.636. The monoisotopic (exact) mass is 196 g/mol. The molecule has 1 fully saturated rings. The molecule has 1 rings (SSSR count). The first kappa shape index (κ1) is 11.4. The van der Waals surface area contributed by atoms with Crippen molar-refractivity contribution in [3.05, 3.63) is 0 Å². The zero-order valence-electron chi connectivity index (χ0n) is 9.27. The zero-order valence-corrected chi connectivity index (χ0v) is 9.27. The molecule has 1 aliphatic rings. The van der Waals surface area contributed by atoms with Crippen molar-refractivity contribution in [1.29, 1.82) is 0 Å². The summed E-state index contributed by atoms with van der Waals surface area (Å²) in [6.45, 7) is 4.05. The molecule has 0 aliphatic heterocycles. The van der Waals surface area contributed by atoms with Gasteiger partial charge in [0.25, 0.3) is 0 Å². The van der Waals surface area contributed by atoms with E-state index in [0.29, 0.717) is 6.42 Å². The first-order valence-corrected chi connectivity index (χ1v) is 5.74. The highest BCUT2D eigenvalue weighted by Gasteiger charge is 2.38. The molecular weight excluding hydrogens is 176 g/mol. The van der Waals surface area contributed by atoms with Crippen LogP contribution in [0, 0.1) is 5.41 Å². The molecule has 0 saturated heterocycles. The first-order chi connectivity index (χ1) is 6.66. The van der Waals surface area contributed by atoms with E-state index in [1.54, 1.807) is 0 Å². The van der Waals surface area contributed by atoms with Crippen LogP contribution in [0.1, 0.15) is 58.8 Å². The van der Waals surface area contributed by atoms with Gasteiger partial charge < -0.3 is 0 Å². The van der Waals surface area contributed by atoms with Crippen LogP contribution in [0.5, 0.6) is 0 Å². The molecule has 2 nitrogen and oxygen atoms in total. The second-order valence-corrected chi connectivity index (χ2v) is 4.30. The van der Waals surface area contributed by atoms with Gasteiger partial charge in [-0.2, -0.15) is 0 Å². The maximum Gasteiger partial charge on any atom is 0.204 e. The Hall–Kier alpha value is -0.660. The fourth-order valence-corrected chi connectivity index (χ4v) is 2.37. The predicted molar refractivity (Wildman–Crippen MR) is 56.1 cm³/mol. The summed E-state index contributed by atoms with van der Waals surface area (Å²) in [7, 11) is 0. The van der Waals surface area contributed by atoms with Crippen LogP contribution in [-0.4, -0.2) is 11.6 Å². The van der Waals surface area contributed by atoms with Gasteiger partial charge in [-0.3, -0.25) is 9.59 Å². The Morgan fingerprint density at radius 1 is 1.07 bits per heavy atom. The van der Waals surface area contributed by atoms with Crippen molar-refractivity contribution in [3.63, 3.8) is 0 Å². The molecule has 2 heteroatoms. The predicted octanol–water partition coefficient (Wildman–Crippen LogP) is 2.90. The Kier molecular flexibility index (Phi) is 3.85. The highest BCUT2D eigenvalue weighted by Crippen LogP contribution is 2.36. The Morgan fingerprint density at radius 2 is 1.71 bits per heavy atom. The molecular formula is C12H20O2. The van der Waals surface area contributed by atoms with Gasteiger partial charge in [0.1, 0.15) is 0 Å². The van der Waals surface area contributed by atoms with E-state index in [4.69, 9.17) is 0 Å². The molecule has 0 N–H and O–H groups in total. The molecule has 0 aromatic heterocycles. The summed E-state index contributed by atoms with van der Waals surface area (Å²) in [4.78, 5) is 23.5. The van der Waals surface area contributed by atoms with Gasteiger partial charge in [-0.15, -0.1) is 0 Å². The largest absolute Gasteiger partial charge is 0.291 e. The Bertz CT molecular complexity index is 226. The first-order valence-electron chi connectivity index (χ1n) is 5.74. The Morgan fingerprint density at radius 3 is 2.29 bits per heavy atom. The van der Waals surface area contributed by atoms with Crippen molar-refractivity contribution >= 4 is 11.6 Å². The summed E-state index contributed by atoms with van der Waals surface area (Å²) in [6, 6.07) is 0. The maximum absolute atomic E-state index is 11.9. The van der Waals surface area contributed by atoms with Crippen molar-refractivity contribution in [2.24, 2.45) is 5.41 Å². The van der Waals surface area contributed by atoms with E-state index < -0.39 is 0 Å². The number of hydrogen-bond acceptors (Lipinski definition) is 2. The van der Waals surface area contributed by atoms with Crippen LogP contribution in [-0.2, 0) is 9.59 Å². The fourth-order valence-electron chi connectivity index (χ4n) is 2.37. The lowest BCUT2D eigenvalue weighted by Gasteiger charge is -2.30. The number of Topliss-reactive ketones (excluding diaryl/α,β-unsaturated/α-hetero) is 2. The van der Waals surface area contributed by atoms with E-state index in [-0.39, 0.29) is 17.0 Å². The van der Waals surface area contributed by atoms with Crippen LogP contribution >= 0.6 is 0 Å². The Balaban J connectivity index is 2.87. The van der Waals surface area contributed by atoms with Crippen molar-refractivity contribution in [1.82, 2.24) is 0 Å². The van der Waals surface area contributed by atoms with Crippen molar-refractivity contribution in [3.8, 4) is 0 Å². The molecule has 14 heavy (non-hydrogen) atoms. The van der Waals surface area contributed by atoms with Crippen LogP contribution in [0.15, 0.2) is 0 Å². The van der Waals surface area contributed by atoms with E-state index in [0.717, 1.165) is 38.5 Å². The van der Waals surface area contributed by atoms with Crippen molar-refractivity contribution < 1.29 is 9.59 Å². The van der Waals surface area contributed by atoms with Crippen molar-refractivity contribution in [2.75, 3.05) is 0 Å². The molecule has 0 aromatic carbocycles. The van der Waals surface area contributed by atoms with Gasteiger partial charge in [0.2, 0.25) is 5.78 Å². The van der Waals surface area contributed by atoms with Gasteiger partial charge in [-0.1, -0.05) is 26.7 Å². The average Bonchev–Trinajstić information content (AvgIpc) is 2.21. The van der Waals surface area contributed by atoms with Gasteiger partial charge >= 0.3 is 0 Å². The van der Waals surface area contributed by atoms with E-state index in [1.165, 1.54) is 0 Å². The molecule has 0 spiro atoms. The van der Waals surface area contributed by atoms with Gasteiger partial charge in [0.15, 0.2) is 5.78 Å².